The van der Waals surface area contributed by atoms with E-state index in [0.717, 1.165) is 6.04 Å². The van der Waals surface area contributed by atoms with Crippen molar-refractivity contribution in [2.24, 2.45) is 0 Å². The van der Waals surface area contributed by atoms with Crippen LogP contribution in [0.1, 0.15) is 64.7 Å². The number of hydrogen-bond acceptors (Lipinski definition) is 2. The first kappa shape index (κ1) is 16.3. The molecule has 0 aromatic carbocycles. The molecule has 0 spiro atoms. The molecule has 0 aliphatic carbocycles. The van der Waals surface area contributed by atoms with Crippen molar-refractivity contribution in [1.82, 2.24) is 5.32 Å². The molecule has 2 heteroatoms. The molecule has 1 nitrogen and oxygen atoms in total. The Hall–Kier alpha value is 0.310. The van der Waals surface area contributed by atoms with Gasteiger partial charge in [-0.3, -0.25) is 0 Å². The maximum atomic E-state index is 3.40. The molecule has 1 unspecified atom stereocenters. The lowest BCUT2D eigenvalue weighted by Gasteiger charge is -2.14. The van der Waals surface area contributed by atoms with Crippen molar-refractivity contribution in [2.75, 3.05) is 19.1 Å². The maximum Gasteiger partial charge on any atom is 0.0155 e. The number of nitrogens with one attached hydrogen (secondary N) is 1. The molecule has 0 aliphatic heterocycles. The molecule has 0 radical (unpaired) electrons. The second-order valence-electron chi connectivity index (χ2n) is 4.70. The van der Waals surface area contributed by atoms with E-state index in [4.69, 9.17) is 0 Å². The molecular formula is C14H31NS. The summed E-state index contributed by atoms with van der Waals surface area (Å²) in [5, 5.41) is 3.40. The minimum Gasteiger partial charge on any atom is -0.316 e. The molecule has 0 bridgehead atoms. The van der Waals surface area contributed by atoms with E-state index in [-0.39, 0.29) is 0 Å². The first-order valence-electron chi connectivity index (χ1n) is 7.01. The molecule has 1 atom stereocenters. The van der Waals surface area contributed by atoms with Gasteiger partial charge in [0.15, 0.2) is 0 Å². The third-order valence-corrected chi connectivity index (χ3v) is 3.92. The fourth-order valence-corrected chi connectivity index (χ4v) is 2.77. The lowest BCUT2D eigenvalue weighted by Crippen LogP contribution is -2.27. The van der Waals surface area contributed by atoms with Crippen LogP contribution in [0.25, 0.3) is 0 Å². The predicted octanol–water partition coefficient (Wildman–Crippen LogP) is 4.47. The van der Waals surface area contributed by atoms with Crippen LogP contribution in [0, 0.1) is 0 Å². The van der Waals surface area contributed by atoms with E-state index in [0.29, 0.717) is 0 Å². The zero-order valence-electron chi connectivity index (χ0n) is 11.6. The lowest BCUT2D eigenvalue weighted by molar-refractivity contribution is 0.509. The van der Waals surface area contributed by atoms with Gasteiger partial charge in [0.05, 0.1) is 0 Å². The SMILES string of the molecule is CCCCCCCCCCC(CSC)NC. The van der Waals surface area contributed by atoms with Crippen LogP contribution >= 0.6 is 11.8 Å². The maximum absolute atomic E-state index is 3.40. The Morgan fingerprint density at radius 1 is 0.938 bits per heavy atom. The Morgan fingerprint density at radius 2 is 1.50 bits per heavy atom. The summed E-state index contributed by atoms with van der Waals surface area (Å²) in [6, 6.07) is 0.732. The minimum absolute atomic E-state index is 0.732. The molecule has 0 rings (SSSR count). The van der Waals surface area contributed by atoms with Gasteiger partial charge in [-0.25, -0.2) is 0 Å². The van der Waals surface area contributed by atoms with Crippen molar-refractivity contribution in [3.8, 4) is 0 Å². The van der Waals surface area contributed by atoms with Crippen molar-refractivity contribution < 1.29 is 0 Å². The Balaban J connectivity index is 3.12. The molecular weight excluding hydrogens is 214 g/mol. The third kappa shape index (κ3) is 10.8. The van der Waals surface area contributed by atoms with Gasteiger partial charge in [0, 0.05) is 11.8 Å². The average Bonchev–Trinajstić information content (AvgIpc) is 2.31. The fraction of sp³-hybridized carbons (Fsp3) is 1.00. The number of hydrogen-bond donors (Lipinski definition) is 1. The van der Waals surface area contributed by atoms with E-state index in [1.807, 2.05) is 11.8 Å². The Kier molecular flexibility index (Phi) is 13.6. The summed E-state index contributed by atoms with van der Waals surface area (Å²) in [4.78, 5) is 0. The normalized spacial score (nSPS) is 12.9. The van der Waals surface area contributed by atoms with Gasteiger partial charge in [-0.15, -0.1) is 0 Å². The van der Waals surface area contributed by atoms with Gasteiger partial charge in [0.25, 0.3) is 0 Å². The van der Waals surface area contributed by atoms with Crippen LogP contribution in [0.5, 0.6) is 0 Å². The molecule has 0 heterocycles. The predicted molar refractivity (Wildman–Crippen MR) is 78.5 cm³/mol. The highest BCUT2D eigenvalue weighted by atomic mass is 32.2. The summed E-state index contributed by atoms with van der Waals surface area (Å²) in [5.74, 6) is 1.26. The highest BCUT2D eigenvalue weighted by Crippen LogP contribution is 2.11. The Morgan fingerprint density at radius 3 is 2.00 bits per heavy atom. The van der Waals surface area contributed by atoms with Crippen LogP contribution < -0.4 is 5.32 Å². The van der Waals surface area contributed by atoms with E-state index in [9.17, 15) is 0 Å². The van der Waals surface area contributed by atoms with E-state index < -0.39 is 0 Å². The summed E-state index contributed by atoms with van der Waals surface area (Å²) in [6.07, 6.45) is 15.0. The summed E-state index contributed by atoms with van der Waals surface area (Å²) in [5.41, 5.74) is 0. The van der Waals surface area contributed by atoms with Gasteiger partial charge in [-0.05, 0) is 19.7 Å². The van der Waals surface area contributed by atoms with Crippen molar-refractivity contribution >= 4 is 11.8 Å². The van der Waals surface area contributed by atoms with Crippen LogP contribution in [-0.4, -0.2) is 25.1 Å². The first-order chi connectivity index (χ1) is 7.85. The zero-order chi connectivity index (χ0) is 12.1. The molecule has 1 N–H and O–H groups in total. The number of thioether (sulfide) groups is 1. The largest absolute Gasteiger partial charge is 0.316 e. The van der Waals surface area contributed by atoms with Crippen LogP contribution in [-0.2, 0) is 0 Å². The quantitative estimate of drug-likeness (QED) is 0.509. The first-order valence-corrected chi connectivity index (χ1v) is 8.40. The smallest absolute Gasteiger partial charge is 0.0155 e. The van der Waals surface area contributed by atoms with Gasteiger partial charge in [0.2, 0.25) is 0 Å². The second kappa shape index (κ2) is 13.4. The van der Waals surface area contributed by atoms with Gasteiger partial charge in [-0.2, -0.15) is 11.8 Å². The molecule has 0 aliphatic rings. The molecule has 16 heavy (non-hydrogen) atoms. The second-order valence-corrected chi connectivity index (χ2v) is 5.62. The van der Waals surface area contributed by atoms with Crippen molar-refractivity contribution in [3.63, 3.8) is 0 Å². The van der Waals surface area contributed by atoms with E-state index in [1.54, 1.807) is 0 Å². The standard InChI is InChI=1S/C14H31NS/c1-4-5-6-7-8-9-10-11-12-14(15-2)13-16-3/h14-15H,4-13H2,1-3H3. The monoisotopic (exact) mass is 245 g/mol. The summed E-state index contributed by atoms with van der Waals surface area (Å²) >= 11 is 1.95. The highest BCUT2D eigenvalue weighted by molar-refractivity contribution is 7.98. The Bertz CT molecular complexity index is 128. The van der Waals surface area contributed by atoms with Crippen LogP contribution in [0.2, 0.25) is 0 Å². The Labute approximate surface area is 107 Å². The molecule has 0 aromatic heterocycles. The molecule has 0 aromatic rings. The van der Waals surface area contributed by atoms with Crippen LogP contribution in [0.4, 0.5) is 0 Å². The zero-order valence-corrected chi connectivity index (χ0v) is 12.4. The molecule has 0 amide bonds. The molecule has 98 valence electrons. The summed E-state index contributed by atoms with van der Waals surface area (Å²) in [6.45, 7) is 2.28. The van der Waals surface area contributed by atoms with Gasteiger partial charge in [-0.1, -0.05) is 58.3 Å². The third-order valence-electron chi connectivity index (χ3n) is 3.18. The van der Waals surface area contributed by atoms with E-state index in [1.165, 1.54) is 63.5 Å². The average molecular weight is 245 g/mol. The minimum atomic E-state index is 0.732. The van der Waals surface area contributed by atoms with Gasteiger partial charge in [0.1, 0.15) is 0 Å². The molecule has 0 saturated carbocycles. The topological polar surface area (TPSA) is 12.0 Å². The van der Waals surface area contributed by atoms with E-state index in [2.05, 4.69) is 25.5 Å². The van der Waals surface area contributed by atoms with Crippen LogP contribution in [0.3, 0.4) is 0 Å². The van der Waals surface area contributed by atoms with Crippen molar-refractivity contribution in [1.29, 1.82) is 0 Å². The summed E-state index contributed by atoms with van der Waals surface area (Å²) in [7, 11) is 2.09. The van der Waals surface area contributed by atoms with Gasteiger partial charge < -0.3 is 5.32 Å². The van der Waals surface area contributed by atoms with Crippen LogP contribution in [0.15, 0.2) is 0 Å². The molecule has 0 saturated heterocycles. The van der Waals surface area contributed by atoms with Crippen molar-refractivity contribution in [3.05, 3.63) is 0 Å². The van der Waals surface area contributed by atoms with Gasteiger partial charge >= 0.3 is 0 Å². The molecule has 0 fully saturated rings. The van der Waals surface area contributed by atoms with E-state index >= 15 is 0 Å². The highest BCUT2D eigenvalue weighted by Gasteiger charge is 2.03. The number of rotatable bonds is 12. The number of unbranched alkanes of at least 4 members (excludes halogenated alkanes) is 7. The fourth-order valence-electron chi connectivity index (χ4n) is 2.04. The summed E-state index contributed by atoms with van der Waals surface area (Å²) < 4.78 is 0. The lowest BCUT2D eigenvalue weighted by atomic mass is 10.1. The van der Waals surface area contributed by atoms with Crippen molar-refractivity contribution in [2.45, 2.75) is 70.8 Å².